The molecule has 0 aliphatic rings. The quantitative estimate of drug-likeness (QED) is 0.523. The van der Waals surface area contributed by atoms with E-state index < -0.39 is 16.0 Å². The summed E-state index contributed by atoms with van der Waals surface area (Å²) in [5.41, 5.74) is 0.490. The summed E-state index contributed by atoms with van der Waals surface area (Å²) in [5.74, 6) is -0.155. The predicted molar refractivity (Wildman–Crippen MR) is 106 cm³/mol. The van der Waals surface area contributed by atoms with E-state index in [1.807, 2.05) is 6.92 Å². The van der Waals surface area contributed by atoms with Gasteiger partial charge in [-0.2, -0.15) is 0 Å². The second-order valence-electron chi connectivity index (χ2n) is 5.97. The molecule has 0 saturated carbocycles. The van der Waals surface area contributed by atoms with E-state index in [-0.39, 0.29) is 28.0 Å². The molecule has 10 heteroatoms. The first-order chi connectivity index (χ1) is 13.8. The molecule has 3 aromatic rings. The third-order valence-electron chi connectivity index (χ3n) is 4.06. The standard InChI is InChI=1S/C19H18ClN3O5S/c1-3-17-21-22-18(28-17)12-27-19(24)13-9-10-15(20)16(11-13)29(25,26)23(2)14-7-5-4-6-8-14/h4-11H,3,12H2,1-2H3. The van der Waals surface area contributed by atoms with Gasteiger partial charge in [0.2, 0.25) is 5.89 Å². The number of halogens is 1. The fourth-order valence-corrected chi connectivity index (χ4v) is 4.15. The maximum absolute atomic E-state index is 13.0. The van der Waals surface area contributed by atoms with E-state index >= 15 is 0 Å². The first-order valence-corrected chi connectivity index (χ1v) is 10.5. The second-order valence-corrected chi connectivity index (χ2v) is 8.32. The fraction of sp³-hybridized carbons (Fsp3) is 0.211. The largest absolute Gasteiger partial charge is 0.452 e. The van der Waals surface area contributed by atoms with Gasteiger partial charge in [0.25, 0.3) is 15.9 Å². The van der Waals surface area contributed by atoms with Gasteiger partial charge >= 0.3 is 5.97 Å². The number of esters is 1. The number of carbonyl (C=O) groups excluding carboxylic acids is 1. The SMILES string of the molecule is CCc1nnc(COC(=O)c2ccc(Cl)c(S(=O)(=O)N(C)c3ccccc3)c2)o1. The molecule has 3 rings (SSSR count). The number of hydrogen-bond donors (Lipinski definition) is 0. The van der Waals surface area contributed by atoms with E-state index in [4.69, 9.17) is 20.8 Å². The number of rotatable bonds is 7. The molecule has 8 nitrogen and oxygen atoms in total. The van der Waals surface area contributed by atoms with Crippen molar-refractivity contribution in [3.8, 4) is 0 Å². The minimum Gasteiger partial charge on any atom is -0.452 e. The van der Waals surface area contributed by atoms with Crippen molar-refractivity contribution >= 4 is 33.3 Å². The van der Waals surface area contributed by atoms with Gasteiger partial charge in [0, 0.05) is 13.5 Å². The van der Waals surface area contributed by atoms with Crippen molar-refractivity contribution in [3.63, 3.8) is 0 Å². The van der Waals surface area contributed by atoms with Gasteiger partial charge in [0.1, 0.15) is 4.90 Å². The number of anilines is 1. The molecule has 0 radical (unpaired) electrons. The first kappa shape index (κ1) is 20.8. The average Bonchev–Trinajstić information content (AvgIpc) is 3.20. The molecule has 0 amide bonds. The lowest BCUT2D eigenvalue weighted by atomic mass is 10.2. The molecule has 0 spiro atoms. The lowest BCUT2D eigenvalue weighted by Crippen LogP contribution is -2.27. The highest BCUT2D eigenvalue weighted by molar-refractivity contribution is 7.93. The van der Waals surface area contributed by atoms with Crippen LogP contribution < -0.4 is 4.31 Å². The number of aryl methyl sites for hydroxylation is 1. The zero-order valence-electron chi connectivity index (χ0n) is 15.7. The third kappa shape index (κ3) is 4.57. The molecule has 0 saturated heterocycles. The fourth-order valence-electron chi connectivity index (χ4n) is 2.45. The van der Waals surface area contributed by atoms with Gasteiger partial charge in [0.15, 0.2) is 6.61 Å². The normalized spacial score (nSPS) is 11.3. The average molecular weight is 436 g/mol. The number of benzene rings is 2. The molecule has 2 aromatic carbocycles. The number of sulfonamides is 1. The third-order valence-corrected chi connectivity index (χ3v) is 6.33. The zero-order chi connectivity index (χ0) is 21.0. The highest BCUT2D eigenvalue weighted by Crippen LogP contribution is 2.28. The smallest absolute Gasteiger partial charge is 0.338 e. The Labute approximate surface area is 173 Å². The van der Waals surface area contributed by atoms with Gasteiger partial charge in [-0.25, -0.2) is 13.2 Å². The van der Waals surface area contributed by atoms with Crippen LogP contribution >= 0.6 is 11.6 Å². The minimum absolute atomic E-state index is 0.00572. The number of para-hydroxylation sites is 1. The second kappa shape index (κ2) is 8.62. The van der Waals surface area contributed by atoms with Crippen molar-refractivity contribution in [2.24, 2.45) is 0 Å². The van der Waals surface area contributed by atoms with Gasteiger partial charge in [-0.1, -0.05) is 36.7 Å². The van der Waals surface area contributed by atoms with Crippen LogP contribution in [0.15, 0.2) is 57.8 Å². The van der Waals surface area contributed by atoms with Crippen LogP contribution in [-0.2, 0) is 27.8 Å². The molecule has 1 aromatic heterocycles. The molecule has 0 aliphatic carbocycles. The molecule has 0 unspecified atom stereocenters. The van der Waals surface area contributed by atoms with Gasteiger partial charge in [0.05, 0.1) is 16.3 Å². The Morgan fingerprint density at radius 3 is 2.48 bits per heavy atom. The lowest BCUT2D eigenvalue weighted by molar-refractivity contribution is 0.0436. The van der Waals surface area contributed by atoms with Crippen molar-refractivity contribution < 1.29 is 22.4 Å². The zero-order valence-corrected chi connectivity index (χ0v) is 17.3. The van der Waals surface area contributed by atoms with Crippen molar-refractivity contribution in [1.29, 1.82) is 0 Å². The molecule has 0 N–H and O–H groups in total. The summed E-state index contributed by atoms with van der Waals surface area (Å²) in [6.07, 6.45) is 0.564. The molecule has 0 aliphatic heterocycles. The van der Waals surface area contributed by atoms with Gasteiger partial charge < -0.3 is 9.15 Å². The van der Waals surface area contributed by atoms with Crippen LogP contribution in [0.1, 0.15) is 29.1 Å². The number of aromatic nitrogens is 2. The Hall–Kier alpha value is -2.91. The van der Waals surface area contributed by atoms with Crippen LogP contribution in [0.25, 0.3) is 0 Å². The molecule has 0 fully saturated rings. The predicted octanol–water partition coefficient (Wildman–Crippen LogP) is 3.47. The van der Waals surface area contributed by atoms with Crippen LogP contribution in [0.5, 0.6) is 0 Å². The van der Waals surface area contributed by atoms with Crippen LogP contribution in [0.4, 0.5) is 5.69 Å². The number of ether oxygens (including phenoxy) is 1. The molecular weight excluding hydrogens is 418 g/mol. The molecular formula is C19H18ClN3O5S. The van der Waals surface area contributed by atoms with Crippen molar-refractivity contribution in [3.05, 3.63) is 70.9 Å². The maximum atomic E-state index is 13.0. The molecule has 0 bridgehead atoms. The van der Waals surface area contributed by atoms with Gasteiger partial charge in [-0.05, 0) is 30.3 Å². The van der Waals surface area contributed by atoms with Crippen LogP contribution in [-0.4, -0.2) is 31.6 Å². The van der Waals surface area contributed by atoms with E-state index in [0.29, 0.717) is 18.0 Å². The summed E-state index contributed by atoms with van der Waals surface area (Å²) in [5, 5.41) is 7.54. The maximum Gasteiger partial charge on any atom is 0.338 e. The number of carbonyl (C=O) groups is 1. The van der Waals surface area contributed by atoms with E-state index in [2.05, 4.69) is 10.2 Å². The summed E-state index contributed by atoms with van der Waals surface area (Å²) in [4.78, 5) is 12.2. The molecule has 1 heterocycles. The molecule has 152 valence electrons. The van der Waals surface area contributed by atoms with Gasteiger partial charge in [-0.15, -0.1) is 10.2 Å². The highest BCUT2D eigenvalue weighted by atomic mass is 35.5. The monoisotopic (exact) mass is 435 g/mol. The van der Waals surface area contributed by atoms with E-state index in [1.54, 1.807) is 30.3 Å². The van der Waals surface area contributed by atoms with Crippen molar-refractivity contribution in [2.75, 3.05) is 11.4 Å². The van der Waals surface area contributed by atoms with E-state index in [1.165, 1.54) is 25.2 Å². The first-order valence-electron chi connectivity index (χ1n) is 8.65. The van der Waals surface area contributed by atoms with Crippen LogP contribution in [0.3, 0.4) is 0 Å². The Kier molecular flexibility index (Phi) is 6.19. The summed E-state index contributed by atoms with van der Waals surface area (Å²) in [6.45, 7) is 1.63. The Morgan fingerprint density at radius 1 is 1.14 bits per heavy atom. The Balaban J connectivity index is 1.82. The summed E-state index contributed by atoms with van der Waals surface area (Å²) >= 11 is 6.12. The topological polar surface area (TPSA) is 103 Å². The van der Waals surface area contributed by atoms with Gasteiger partial charge in [-0.3, -0.25) is 4.31 Å². The van der Waals surface area contributed by atoms with Crippen molar-refractivity contribution in [2.45, 2.75) is 24.8 Å². The van der Waals surface area contributed by atoms with Crippen molar-refractivity contribution in [1.82, 2.24) is 10.2 Å². The minimum atomic E-state index is -3.99. The summed E-state index contributed by atoms with van der Waals surface area (Å²) in [6, 6.07) is 12.4. The Morgan fingerprint density at radius 2 is 1.83 bits per heavy atom. The number of nitrogens with zero attached hydrogens (tertiary/aromatic N) is 3. The highest BCUT2D eigenvalue weighted by Gasteiger charge is 2.26. The summed E-state index contributed by atoms with van der Waals surface area (Å²) < 4.78 is 37.5. The van der Waals surface area contributed by atoms with E-state index in [9.17, 15) is 13.2 Å². The molecule has 29 heavy (non-hydrogen) atoms. The molecule has 0 atom stereocenters. The number of hydrogen-bond acceptors (Lipinski definition) is 7. The van der Waals surface area contributed by atoms with Crippen LogP contribution in [0.2, 0.25) is 5.02 Å². The Bertz CT molecular complexity index is 1120. The lowest BCUT2D eigenvalue weighted by Gasteiger charge is -2.20. The van der Waals surface area contributed by atoms with E-state index in [0.717, 1.165) is 4.31 Å². The van der Waals surface area contributed by atoms with Crippen LogP contribution in [0, 0.1) is 0 Å². The summed E-state index contributed by atoms with van der Waals surface area (Å²) in [7, 11) is -2.58.